The number of aliphatic hydroxyl groups is 6. The second-order valence-electron chi connectivity index (χ2n) is 34.6. The molecule has 10 amide bonds. The van der Waals surface area contributed by atoms with E-state index in [1.54, 1.807) is 93.3 Å². The number of hydroxylamine groups is 2. The first kappa shape index (κ1) is 108. The van der Waals surface area contributed by atoms with Gasteiger partial charge in [0.1, 0.15) is 54.2 Å². The number of H-pyrrole nitrogens is 5. The summed E-state index contributed by atoms with van der Waals surface area (Å²) in [5.74, 6) is -4.97. The highest BCUT2D eigenvalue weighted by Crippen LogP contribution is 2.28. The first-order valence-corrected chi connectivity index (χ1v) is 48.0. The van der Waals surface area contributed by atoms with E-state index in [4.69, 9.17) is 67.9 Å². The number of likely N-dealkylation sites (N-methyl/N-ethyl adjacent to an activating group) is 2. The van der Waals surface area contributed by atoms with E-state index in [-0.39, 0.29) is 49.5 Å². The van der Waals surface area contributed by atoms with Crippen LogP contribution in [0.4, 0.5) is 0 Å². The van der Waals surface area contributed by atoms with Crippen molar-refractivity contribution in [3.05, 3.63) is 325 Å². The topological polar surface area (TPSA) is 547 Å². The van der Waals surface area contributed by atoms with Gasteiger partial charge in [0.15, 0.2) is 30.5 Å². The van der Waals surface area contributed by atoms with E-state index in [0.717, 1.165) is 91.9 Å². The maximum absolute atomic E-state index is 12.9. The number of halogens is 5. The molecule has 0 radical (unpaired) electrons. The lowest BCUT2D eigenvalue weighted by atomic mass is 9.92. The van der Waals surface area contributed by atoms with Crippen LogP contribution in [-0.2, 0) is 60.9 Å². The number of hydrogen-bond donors (Lipinski definition) is 19. The zero-order chi connectivity index (χ0) is 103. The summed E-state index contributed by atoms with van der Waals surface area (Å²) in [5, 5.41) is 90.0. The summed E-state index contributed by atoms with van der Waals surface area (Å²) in [4.78, 5) is 167. The van der Waals surface area contributed by atoms with Gasteiger partial charge in [0.05, 0.1) is 102 Å². The van der Waals surface area contributed by atoms with E-state index in [1.165, 1.54) is 31.5 Å². The van der Waals surface area contributed by atoms with Crippen molar-refractivity contribution in [3.8, 4) is 0 Å². The molecular weight excluding hydrogens is 1970 g/mol. The third-order valence-corrected chi connectivity index (χ3v) is 24.7. The molecule has 10 atom stereocenters. The average molecular weight is 2070 g/mol. The minimum atomic E-state index is -1.50. The monoisotopic (exact) mass is 2070 g/mol. The van der Waals surface area contributed by atoms with E-state index in [0.29, 0.717) is 89.7 Å². The molecule has 15 aromatic rings. The highest BCUT2D eigenvalue weighted by atomic mass is 35.5. The van der Waals surface area contributed by atoms with Gasteiger partial charge in [0.25, 0.3) is 59.1 Å². The Morgan fingerprint density at radius 3 is 0.800 bits per heavy atom. The lowest BCUT2D eigenvalue weighted by Gasteiger charge is -2.30. The second kappa shape index (κ2) is 51.6. The van der Waals surface area contributed by atoms with Gasteiger partial charge in [0, 0.05) is 66.7 Å². The first-order chi connectivity index (χ1) is 69.7. The number of aromatic amines is 5. The Hall–Kier alpha value is -14.6. The number of aromatic nitrogens is 10. The molecule has 0 saturated heterocycles. The fraction of sp³-hybridized carbons (Fsp3) is 0.272. The first-order valence-electron chi connectivity index (χ1n) is 46.1. The van der Waals surface area contributed by atoms with Crippen LogP contribution in [0.15, 0.2) is 243 Å². The number of amides is 10. The molecule has 0 unspecified atom stereocenters. The summed E-state index contributed by atoms with van der Waals surface area (Å²) in [5.41, 5.74) is 9.13. The number of pyridine rings is 5. The lowest BCUT2D eigenvalue weighted by molar-refractivity contribution is -0.179. The molecule has 145 heavy (non-hydrogen) atoms. The van der Waals surface area contributed by atoms with Crippen LogP contribution in [0.2, 0.25) is 25.8 Å². The van der Waals surface area contributed by atoms with Crippen molar-refractivity contribution in [3.63, 3.8) is 0 Å². The lowest BCUT2D eigenvalue weighted by Crippen LogP contribution is -2.54. The fourth-order valence-corrected chi connectivity index (χ4v) is 16.3. The Bertz CT molecular complexity index is 6980. The van der Waals surface area contributed by atoms with E-state index in [9.17, 15) is 73.5 Å². The molecule has 2 aliphatic carbocycles. The SMILES string of the molecule is CN(C)C(=O)[C@H](O)[C@H](Cc1ccccc1)NC(=O)c1cc2cc(Cl)ncc2[nH]1.CON(C)C(=O)[C@H](O)[C@@H](Cc1ccccc1)NC(=O)c1cc2cc(Cl)ncc2[nH]1.O=C(N[C@@H](Cc1ccccc1)[C@@H](O)C(=O)NC1CC1)c1cc2cc(Cl)ncc2[nH]1.O=C(N[C@@H](Cc1ccccc1)[C@@H](O)C(=O)NC1CCC1)c1cc2cc(Cl)ncc2[nH]1.O=C(N[C@H](Cc1ccccc1)[C@@H](O)C(=O)NCCO)c1cc2cc(Cl)ncc2[nH]1. The number of carbonyl (C=O) groups excluding carboxylic acids is 10. The van der Waals surface area contributed by atoms with E-state index in [2.05, 4.69) is 92.4 Å². The summed E-state index contributed by atoms with van der Waals surface area (Å²) in [7, 11) is 5.82. The minimum Gasteiger partial charge on any atom is -0.395 e. The van der Waals surface area contributed by atoms with Crippen molar-refractivity contribution in [1.29, 1.82) is 0 Å². The zero-order valence-electron chi connectivity index (χ0n) is 78.7. The summed E-state index contributed by atoms with van der Waals surface area (Å²) >= 11 is 29.5. The van der Waals surface area contributed by atoms with Gasteiger partial charge >= 0.3 is 0 Å². The van der Waals surface area contributed by atoms with Gasteiger partial charge in [-0.05, 0) is 153 Å². The smallest absolute Gasteiger partial charge is 0.276 e. The Balaban J connectivity index is 0.000000152. The molecule has 0 aliphatic heterocycles. The Kier molecular flexibility index (Phi) is 38.3. The van der Waals surface area contributed by atoms with Crippen LogP contribution in [0.3, 0.4) is 0 Å². The number of hydrogen-bond acceptors (Lipinski definition) is 22. The van der Waals surface area contributed by atoms with Crippen LogP contribution in [-0.4, -0.2) is 264 Å². The summed E-state index contributed by atoms with van der Waals surface area (Å²) in [6, 6.07) is 59.3. The van der Waals surface area contributed by atoms with Crippen molar-refractivity contribution in [1.82, 2.24) is 102 Å². The molecule has 10 aromatic heterocycles. The predicted molar refractivity (Wildman–Crippen MR) is 548 cm³/mol. The molecule has 0 bridgehead atoms. The Morgan fingerprint density at radius 2 is 0.579 bits per heavy atom. The molecule has 2 fully saturated rings. The maximum Gasteiger partial charge on any atom is 0.276 e. The van der Waals surface area contributed by atoms with Gasteiger partial charge in [-0.25, -0.2) is 30.0 Å². The van der Waals surface area contributed by atoms with Gasteiger partial charge in [0.2, 0.25) is 0 Å². The highest BCUT2D eigenvalue weighted by molar-refractivity contribution is 6.31. The van der Waals surface area contributed by atoms with E-state index < -0.39 is 120 Å². The van der Waals surface area contributed by atoms with Gasteiger partial charge in [-0.1, -0.05) is 210 Å². The fourth-order valence-electron chi connectivity index (χ4n) is 15.5. The molecule has 17 rings (SSSR count). The van der Waals surface area contributed by atoms with E-state index in [1.807, 2.05) is 152 Å². The van der Waals surface area contributed by atoms with Crippen LogP contribution in [0.25, 0.3) is 54.5 Å². The van der Waals surface area contributed by atoms with Crippen molar-refractivity contribution in [2.75, 3.05) is 41.4 Å². The molecule has 0 spiro atoms. The molecule has 19 N–H and O–H groups in total. The number of benzene rings is 5. The van der Waals surface area contributed by atoms with Gasteiger partial charge in [-0.15, -0.1) is 0 Å². The molecule has 756 valence electrons. The number of nitrogens with zero attached hydrogens (tertiary/aromatic N) is 7. The number of rotatable bonds is 35. The summed E-state index contributed by atoms with van der Waals surface area (Å²) in [6.45, 7) is -0.239. The minimum absolute atomic E-state index is 0.0116. The van der Waals surface area contributed by atoms with Crippen LogP contribution in [0.5, 0.6) is 0 Å². The molecule has 5 aromatic carbocycles. The van der Waals surface area contributed by atoms with Gasteiger partial charge < -0.3 is 103 Å². The van der Waals surface area contributed by atoms with Crippen molar-refractivity contribution in [2.24, 2.45) is 0 Å². The molecule has 2 saturated carbocycles. The van der Waals surface area contributed by atoms with Crippen LogP contribution in [0, 0.1) is 0 Å². The molecule has 37 nitrogen and oxygen atoms in total. The number of aliphatic hydroxyl groups excluding tert-OH is 6. The van der Waals surface area contributed by atoms with Crippen LogP contribution >= 0.6 is 58.0 Å². The maximum atomic E-state index is 12.9. The summed E-state index contributed by atoms with van der Waals surface area (Å²) in [6.07, 6.45) is 6.79. The van der Waals surface area contributed by atoms with Gasteiger partial charge in [-0.3, -0.25) is 52.8 Å². The van der Waals surface area contributed by atoms with E-state index >= 15 is 0 Å². The Morgan fingerprint density at radius 1 is 0.345 bits per heavy atom. The number of nitrogens with one attached hydrogen (secondary N) is 13. The molecule has 2 aliphatic rings. The third-order valence-electron chi connectivity index (χ3n) is 23.7. The quantitative estimate of drug-likeness (QED) is 0.0130. The zero-order valence-corrected chi connectivity index (χ0v) is 82.5. The standard InChI is InChI=1S/C22H23ClN4O3.C21H21ClN4O3.2C20H21ClN4O4.C20H21ClN4O3/c23-19-11-14-10-17(26-18(14)12-24-19)21(29)27-16(9-13-5-2-1-3-6-13)20(28)22(30)25-15-7-4-8-15;22-18-10-13-9-16(25-17(13)11-23-18)20(28)26-15(8-12-4-2-1-3-5-12)19(27)21(29)24-14-6-7-14;1-25(29-2)20(28)18(26)14(8-12-6-4-3-5-7-12)24-19(27)15-9-13-10-17(21)22-11-16(13)23-15;21-17-10-13-9-15(24-16(13)11-23-17)19(28)25-14(8-12-4-2-1-3-5-12)18(27)20(29)22-6-7-26;1-25(2)20(28)18(26)14(8-12-6-4-3-5-7-12)24-19(27)15-9-13-10-17(21)22-11-16(13)23-15/h1-3,5-6,10-12,15-16,20,26,28H,4,7-9H2,(H,25,30)(H,27,29);1-5,9-11,14-15,19,25,27H,6-8H2,(H,24,29)(H,26,28);3-7,9-11,14,18,23,26H,8H2,1-2H3,(H,24,27);1-5,9-11,14,18,24,26-27H,6-8H2,(H,22,29)(H,25,28);3-7,9-11,14,18,23,26H,8H2,1-2H3,(H,24,27)/t16-,20+;15-,19+;2*14-,18-;14-,18+/m00110/s1. The second-order valence-corrected chi connectivity index (χ2v) is 36.6. The average Bonchev–Trinajstić information content (AvgIpc) is 1.79. The highest BCUT2D eigenvalue weighted by Gasteiger charge is 2.37. The molecule has 42 heteroatoms. The largest absolute Gasteiger partial charge is 0.395 e. The Labute approximate surface area is 855 Å². The number of fused-ring (bicyclic) bond motifs is 5. The van der Waals surface area contributed by atoms with Crippen molar-refractivity contribution in [2.45, 2.75) is 137 Å². The van der Waals surface area contributed by atoms with Gasteiger partial charge in [-0.2, -0.15) is 0 Å². The van der Waals surface area contributed by atoms with Crippen LogP contribution < -0.4 is 42.5 Å². The summed E-state index contributed by atoms with van der Waals surface area (Å²) < 4.78 is 0. The van der Waals surface area contributed by atoms with Crippen molar-refractivity contribution >= 4 is 172 Å². The third kappa shape index (κ3) is 30.7. The number of carbonyl (C=O) groups is 10. The molecule has 10 heterocycles. The molecular formula is C103H107Cl5N20O17. The van der Waals surface area contributed by atoms with Crippen molar-refractivity contribution < 1.29 is 83.4 Å². The normalized spacial score (nSPS) is 14.2. The van der Waals surface area contributed by atoms with Crippen LogP contribution in [0.1, 0.15) is 112 Å². The predicted octanol–water partition coefficient (Wildman–Crippen LogP) is 9.76.